The van der Waals surface area contributed by atoms with E-state index >= 15 is 0 Å². The highest BCUT2D eigenvalue weighted by Gasteiger charge is 2.38. The minimum Gasteiger partial charge on any atom is -0.476 e. The van der Waals surface area contributed by atoms with Crippen LogP contribution in [0.3, 0.4) is 0 Å². The molecule has 1 aliphatic heterocycles. The van der Waals surface area contributed by atoms with Gasteiger partial charge in [0.25, 0.3) is 5.91 Å². The van der Waals surface area contributed by atoms with Crippen LogP contribution < -0.4 is 5.32 Å². The van der Waals surface area contributed by atoms with Gasteiger partial charge in [0.2, 0.25) is 0 Å². The van der Waals surface area contributed by atoms with Crippen molar-refractivity contribution in [2.45, 2.75) is 24.9 Å². The number of carboxylic acid groups (broad SMARTS) is 1. The fraction of sp³-hybridized carbons (Fsp3) is 0.278. The summed E-state index contributed by atoms with van der Waals surface area (Å²) < 4.78 is 1.32. The molecule has 0 unspecified atom stereocenters. The summed E-state index contributed by atoms with van der Waals surface area (Å²) >= 11 is 0. The van der Waals surface area contributed by atoms with Gasteiger partial charge in [-0.05, 0) is 12.1 Å². The van der Waals surface area contributed by atoms with Gasteiger partial charge < -0.3 is 10.4 Å². The van der Waals surface area contributed by atoms with Crippen molar-refractivity contribution < 1.29 is 14.7 Å². The summed E-state index contributed by atoms with van der Waals surface area (Å²) in [6.45, 7) is 0.346. The molecule has 0 atom stereocenters. The van der Waals surface area contributed by atoms with Crippen molar-refractivity contribution in [3.63, 3.8) is 0 Å². The zero-order chi connectivity index (χ0) is 18.6. The Hall–Kier alpha value is -3.47. The molecular weight excluding hydrogens is 334 g/mol. The van der Waals surface area contributed by atoms with E-state index in [0.717, 1.165) is 0 Å². The zero-order valence-corrected chi connectivity index (χ0v) is 13.9. The predicted molar refractivity (Wildman–Crippen MR) is 93.1 cm³/mol. The van der Waals surface area contributed by atoms with Gasteiger partial charge in [-0.15, -0.1) is 12.3 Å². The van der Waals surface area contributed by atoms with Crippen molar-refractivity contribution in [2.75, 3.05) is 6.54 Å². The number of hydrogen-bond acceptors (Lipinski definition) is 5. The van der Waals surface area contributed by atoms with Gasteiger partial charge in [0.1, 0.15) is 5.69 Å². The Morgan fingerprint density at radius 3 is 2.58 bits per heavy atom. The van der Waals surface area contributed by atoms with Crippen LogP contribution in [0.15, 0.2) is 46.6 Å². The zero-order valence-electron chi connectivity index (χ0n) is 13.9. The van der Waals surface area contributed by atoms with Crippen molar-refractivity contribution >= 4 is 11.9 Å². The maximum absolute atomic E-state index is 12.5. The van der Waals surface area contributed by atoms with Crippen LogP contribution in [0.2, 0.25) is 0 Å². The van der Waals surface area contributed by atoms with Gasteiger partial charge in [-0.3, -0.25) is 4.79 Å². The van der Waals surface area contributed by atoms with Crippen LogP contribution >= 0.6 is 0 Å². The SMILES string of the molecule is C#CCCC1(CCNC(=O)c2cc(C(=O)O)nn2-c2ccccc2)N=N1. The Labute approximate surface area is 149 Å². The predicted octanol–water partition coefficient (Wildman–Crippen LogP) is 2.27. The Morgan fingerprint density at radius 1 is 1.23 bits per heavy atom. The third-order valence-corrected chi connectivity index (χ3v) is 4.03. The van der Waals surface area contributed by atoms with Crippen LogP contribution in [-0.2, 0) is 0 Å². The summed E-state index contributed by atoms with van der Waals surface area (Å²) in [5.74, 6) is 0.941. The highest BCUT2D eigenvalue weighted by molar-refractivity contribution is 5.96. The molecule has 1 amide bonds. The molecule has 0 spiro atoms. The van der Waals surface area contributed by atoms with Crippen LogP contribution in [0.4, 0.5) is 0 Å². The molecule has 0 fully saturated rings. The quantitative estimate of drug-likeness (QED) is 0.711. The van der Waals surface area contributed by atoms with E-state index in [1.165, 1.54) is 10.7 Å². The van der Waals surface area contributed by atoms with Gasteiger partial charge in [-0.1, -0.05) is 18.2 Å². The summed E-state index contributed by atoms with van der Waals surface area (Å²) in [5.41, 5.74) is 0.0708. The van der Waals surface area contributed by atoms with Crippen LogP contribution in [0.5, 0.6) is 0 Å². The Morgan fingerprint density at radius 2 is 1.96 bits per heavy atom. The second-order valence-corrected chi connectivity index (χ2v) is 5.86. The Bertz CT molecular complexity index is 889. The van der Waals surface area contributed by atoms with Gasteiger partial charge in [0.15, 0.2) is 11.4 Å². The molecule has 1 aromatic heterocycles. The van der Waals surface area contributed by atoms with Crippen molar-refractivity contribution in [1.82, 2.24) is 15.1 Å². The fourth-order valence-electron chi connectivity index (χ4n) is 2.55. The van der Waals surface area contributed by atoms with Crippen molar-refractivity contribution in [2.24, 2.45) is 10.2 Å². The molecule has 3 rings (SSSR count). The molecule has 0 aliphatic carbocycles. The van der Waals surface area contributed by atoms with E-state index in [2.05, 4.69) is 26.6 Å². The molecule has 2 N–H and O–H groups in total. The Balaban J connectivity index is 1.71. The van der Waals surface area contributed by atoms with Crippen LogP contribution in [0.25, 0.3) is 5.69 Å². The third kappa shape index (κ3) is 3.78. The topological polar surface area (TPSA) is 109 Å². The van der Waals surface area contributed by atoms with Gasteiger partial charge in [0.05, 0.1) is 5.69 Å². The highest BCUT2D eigenvalue weighted by Crippen LogP contribution is 2.36. The molecule has 0 bridgehead atoms. The van der Waals surface area contributed by atoms with Crippen molar-refractivity contribution in [3.8, 4) is 18.0 Å². The number of carbonyl (C=O) groups excluding carboxylic acids is 1. The smallest absolute Gasteiger partial charge is 0.356 e. The first-order valence-electron chi connectivity index (χ1n) is 8.09. The Kier molecular flexibility index (Phi) is 4.80. The van der Waals surface area contributed by atoms with E-state index in [1.54, 1.807) is 24.3 Å². The number of carboxylic acids is 1. The van der Waals surface area contributed by atoms with E-state index < -0.39 is 17.5 Å². The molecule has 0 saturated heterocycles. The average Bonchev–Trinajstić information content (AvgIpc) is 3.26. The summed E-state index contributed by atoms with van der Waals surface area (Å²) in [6.07, 6.45) is 7.03. The molecule has 2 heterocycles. The van der Waals surface area contributed by atoms with Gasteiger partial charge >= 0.3 is 5.97 Å². The number of benzene rings is 1. The summed E-state index contributed by atoms with van der Waals surface area (Å²) in [6, 6.07) is 10.1. The lowest BCUT2D eigenvalue weighted by Gasteiger charge is -2.11. The van der Waals surface area contributed by atoms with E-state index in [0.29, 0.717) is 31.5 Å². The highest BCUT2D eigenvalue weighted by atomic mass is 16.4. The number of amides is 1. The molecule has 1 aromatic carbocycles. The summed E-state index contributed by atoms with van der Waals surface area (Å²) in [5, 5.41) is 24.0. The average molecular weight is 351 g/mol. The van der Waals surface area contributed by atoms with E-state index in [9.17, 15) is 14.7 Å². The second-order valence-electron chi connectivity index (χ2n) is 5.86. The fourth-order valence-corrected chi connectivity index (χ4v) is 2.55. The van der Waals surface area contributed by atoms with Gasteiger partial charge in [-0.25, -0.2) is 9.48 Å². The molecule has 26 heavy (non-hydrogen) atoms. The normalized spacial score (nSPS) is 13.8. The standard InChI is InChI=1S/C18H17N5O3/c1-2-3-9-18(21-22-18)10-11-19-16(24)15-12-14(17(25)26)20-23(15)13-7-5-4-6-8-13/h1,4-8,12H,3,9-11H2,(H,19,24)(H,25,26). The maximum atomic E-state index is 12.5. The van der Waals surface area contributed by atoms with Crippen molar-refractivity contribution in [3.05, 3.63) is 47.8 Å². The number of carbonyl (C=O) groups is 2. The lowest BCUT2D eigenvalue weighted by molar-refractivity contribution is 0.0689. The monoisotopic (exact) mass is 351 g/mol. The maximum Gasteiger partial charge on any atom is 0.356 e. The van der Waals surface area contributed by atoms with Crippen LogP contribution in [0, 0.1) is 12.3 Å². The van der Waals surface area contributed by atoms with E-state index in [1.807, 2.05) is 6.07 Å². The number of aromatic carboxylic acids is 1. The first kappa shape index (κ1) is 17.4. The number of aromatic nitrogens is 2. The number of rotatable bonds is 8. The lowest BCUT2D eigenvalue weighted by atomic mass is 10.0. The number of terminal acetylenes is 1. The molecule has 0 saturated carbocycles. The van der Waals surface area contributed by atoms with E-state index in [4.69, 9.17) is 6.42 Å². The largest absolute Gasteiger partial charge is 0.476 e. The number of para-hydroxylation sites is 1. The minimum absolute atomic E-state index is 0.149. The molecule has 2 aromatic rings. The van der Waals surface area contributed by atoms with Crippen LogP contribution in [-0.4, -0.2) is 39.0 Å². The second kappa shape index (κ2) is 7.19. The number of nitrogens with one attached hydrogen (secondary N) is 1. The first-order chi connectivity index (χ1) is 12.5. The molecule has 0 radical (unpaired) electrons. The third-order valence-electron chi connectivity index (χ3n) is 4.03. The molecule has 8 heteroatoms. The molecular formula is C18H17N5O3. The number of nitrogens with zero attached hydrogens (tertiary/aromatic N) is 4. The molecule has 8 nitrogen and oxygen atoms in total. The van der Waals surface area contributed by atoms with Crippen molar-refractivity contribution in [1.29, 1.82) is 0 Å². The lowest BCUT2D eigenvalue weighted by Crippen LogP contribution is -2.29. The van der Waals surface area contributed by atoms with Gasteiger partial charge in [-0.2, -0.15) is 15.3 Å². The number of hydrogen-bond donors (Lipinski definition) is 2. The molecule has 132 valence electrons. The first-order valence-corrected chi connectivity index (χ1v) is 8.09. The summed E-state index contributed by atoms with van der Waals surface area (Å²) in [4.78, 5) is 23.8. The minimum atomic E-state index is -1.20. The molecule has 1 aliphatic rings. The van der Waals surface area contributed by atoms with E-state index in [-0.39, 0.29) is 11.4 Å². The van der Waals surface area contributed by atoms with Crippen LogP contribution in [0.1, 0.15) is 40.2 Å². The van der Waals surface area contributed by atoms with Gasteiger partial charge in [0, 0.05) is 31.9 Å². The summed E-state index contributed by atoms with van der Waals surface area (Å²) in [7, 11) is 0.